The molecule has 1 aliphatic heterocycles. The smallest absolute Gasteiger partial charge is 0.352 e. The fourth-order valence-corrected chi connectivity index (χ4v) is 3.61. The highest BCUT2D eigenvalue weighted by atomic mass is 35.5. The first-order chi connectivity index (χ1) is 15.1. The van der Waals surface area contributed by atoms with Gasteiger partial charge in [-0.1, -0.05) is 24.6 Å². The predicted octanol–water partition coefficient (Wildman–Crippen LogP) is 4.16. The number of halogens is 5. The Bertz CT molecular complexity index is 999. The molecule has 2 unspecified atom stereocenters. The Hall–Kier alpha value is -2.72. The lowest BCUT2D eigenvalue weighted by Gasteiger charge is -2.32. The molecule has 1 fully saturated rings. The zero-order valence-electron chi connectivity index (χ0n) is 17.0. The Labute approximate surface area is 186 Å². The van der Waals surface area contributed by atoms with Gasteiger partial charge in [-0.05, 0) is 24.6 Å². The fraction of sp³-hybridized carbons (Fsp3) is 0.381. The zero-order chi connectivity index (χ0) is 23.5. The molecule has 32 heavy (non-hydrogen) atoms. The molecule has 0 radical (unpaired) electrons. The van der Waals surface area contributed by atoms with E-state index in [-0.39, 0.29) is 40.7 Å². The van der Waals surface area contributed by atoms with Crippen LogP contribution in [0.3, 0.4) is 0 Å². The minimum Gasteiger partial charge on any atom is -0.352 e. The van der Waals surface area contributed by atoms with Gasteiger partial charge in [0, 0.05) is 36.7 Å². The number of alkyl halides is 3. The van der Waals surface area contributed by atoms with Crippen molar-refractivity contribution in [3.63, 3.8) is 0 Å². The van der Waals surface area contributed by atoms with Crippen molar-refractivity contribution in [2.45, 2.75) is 51.1 Å². The Morgan fingerprint density at radius 1 is 1.28 bits per heavy atom. The van der Waals surface area contributed by atoms with Crippen molar-refractivity contribution in [3.8, 4) is 0 Å². The maximum Gasteiger partial charge on any atom is 0.417 e. The minimum absolute atomic E-state index is 0.0288. The van der Waals surface area contributed by atoms with Crippen LogP contribution in [-0.4, -0.2) is 16.8 Å². The van der Waals surface area contributed by atoms with Gasteiger partial charge >= 0.3 is 6.18 Å². The van der Waals surface area contributed by atoms with Crippen LogP contribution in [0.4, 0.5) is 17.6 Å². The molecule has 0 spiro atoms. The molecule has 3 N–H and O–H groups in total. The maximum atomic E-state index is 15.2. The second kappa shape index (κ2) is 9.83. The molecule has 0 bridgehead atoms. The number of benzene rings is 1. The van der Waals surface area contributed by atoms with Gasteiger partial charge in [-0.2, -0.15) is 13.2 Å². The number of carbonyl (C=O) groups is 2. The van der Waals surface area contributed by atoms with E-state index in [2.05, 4.69) is 20.9 Å². The van der Waals surface area contributed by atoms with Crippen LogP contribution in [0.5, 0.6) is 0 Å². The monoisotopic (exact) mass is 472 g/mol. The lowest BCUT2D eigenvalue weighted by molar-refractivity contribution is -0.138. The molecule has 1 saturated heterocycles. The van der Waals surface area contributed by atoms with E-state index in [0.29, 0.717) is 19.0 Å². The van der Waals surface area contributed by atoms with Gasteiger partial charge in [0.1, 0.15) is 12.0 Å². The molecule has 1 aromatic heterocycles. The first-order valence-electron chi connectivity index (χ1n) is 9.92. The molecule has 1 aromatic carbocycles. The van der Waals surface area contributed by atoms with Crippen LogP contribution >= 0.6 is 11.6 Å². The summed E-state index contributed by atoms with van der Waals surface area (Å²) in [4.78, 5) is 27.8. The summed E-state index contributed by atoms with van der Waals surface area (Å²) in [6.07, 6.45) is -4.02. The highest BCUT2D eigenvalue weighted by molar-refractivity contribution is 6.31. The number of aromatic nitrogens is 1. The molecule has 3 rings (SSSR count). The van der Waals surface area contributed by atoms with Crippen LogP contribution in [0, 0.1) is 5.82 Å². The average molecular weight is 473 g/mol. The van der Waals surface area contributed by atoms with Crippen LogP contribution in [0.2, 0.25) is 5.02 Å². The summed E-state index contributed by atoms with van der Waals surface area (Å²) >= 11 is 6.20. The van der Waals surface area contributed by atoms with E-state index in [0.717, 1.165) is 6.07 Å². The molecule has 2 aromatic rings. The number of hydrogen-bond acceptors (Lipinski definition) is 4. The van der Waals surface area contributed by atoms with E-state index in [4.69, 9.17) is 11.6 Å². The summed E-state index contributed by atoms with van der Waals surface area (Å²) in [6.45, 7) is 1.79. The number of amides is 2. The van der Waals surface area contributed by atoms with Gasteiger partial charge in [0.05, 0.1) is 22.3 Å². The molecule has 0 saturated carbocycles. The topological polar surface area (TPSA) is 83.1 Å². The van der Waals surface area contributed by atoms with Crippen molar-refractivity contribution in [3.05, 3.63) is 63.7 Å². The van der Waals surface area contributed by atoms with E-state index in [9.17, 15) is 22.8 Å². The zero-order valence-corrected chi connectivity index (χ0v) is 17.8. The van der Waals surface area contributed by atoms with Crippen molar-refractivity contribution in [2.75, 3.05) is 0 Å². The molecule has 172 valence electrons. The predicted molar refractivity (Wildman–Crippen MR) is 109 cm³/mol. The molecular weight excluding hydrogens is 452 g/mol. The largest absolute Gasteiger partial charge is 0.417 e. The van der Waals surface area contributed by atoms with E-state index >= 15 is 4.39 Å². The summed E-state index contributed by atoms with van der Waals surface area (Å²) in [7, 11) is 0. The van der Waals surface area contributed by atoms with Gasteiger partial charge in [-0.3, -0.25) is 19.9 Å². The fourth-order valence-electron chi connectivity index (χ4n) is 3.36. The third kappa shape index (κ3) is 5.55. The van der Waals surface area contributed by atoms with Crippen molar-refractivity contribution < 1.29 is 27.2 Å². The quantitative estimate of drug-likeness (QED) is 0.551. The highest BCUT2D eigenvalue weighted by Crippen LogP contribution is 2.33. The number of nitrogens with one attached hydrogen (secondary N) is 3. The van der Waals surface area contributed by atoms with Gasteiger partial charge in [0.25, 0.3) is 0 Å². The number of nitrogens with zero attached hydrogens (tertiary/aromatic N) is 1. The standard InChI is InChI=1S/C21H21ClF4N4O2/c1-2-3-16(31)28-9-11-4-6-13(22)18(19(11)23)20-29-15(8-17(32)30-20)14-7-5-12(10-27-14)21(24,25)26/h4-7,10,15,20,29H,2-3,8-9H2,1H3,(H,28,31)(H,30,32). The van der Waals surface area contributed by atoms with Crippen molar-refractivity contribution in [1.82, 2.24) is 20.9 Å². The molecule has 6 nitrogen and oxygen atoms in total. The SMILES string of the molecule is CCCC(=O)NCc1ccc(Cl)c(C2NC(=O)CC(c3ccc(C(F)(F)F)cn3)N2)c1F. The summed E-state index contributed by atoms with van der Waals surface area (Å²) in [5.74, 6) is -1.37. The Morgan fingerprint density at radius 3 is 2.66 bits per heavy atom. The van der Waals surface area contributed by atoms with Gasteiger partial charge in [0.2, 0.25) is 11.8 Å². The lowest BCUT2D eigenvalue weighted by atomic mass is 10.0. The van der Waals surface area contributed by atoms with E-state index < -0.39 is 35.7 Å². The minimum atomic E-state index is -4.53. The molecule has 2 amide bonds. The van der Waals surface area contributed by atoms with Crippen molar-refractivity contribution in [2.24, 2.45) is 0 Å². The normalized spacial score (nSPS) is 18.9. The van der Waals surface area contributed by atoms with Gasteiger partial charge in [-0.15, -0.1) is 0 Å². The Balaban J connectivity index is 1.83. The first-order valence-corrected chi connectivity index (χ1v) is 10.3. The number of pyridine rings is 1. The molecule has 11 heteroatoms. The molecule has 1 aliphatic rings. The molecule has 2 atom stereocenters. The summed E-state index contributed by atoms with van der Waals surface area (Å²) < 4.78 is 53.6. The number of rotatable bonds is 6. The lowest BCUT2D eigenvalue weighted by Crippen LogP contribution is -2.47. The Kier molecular flexibility index (Phi) is 7.35. The van der Waals surface area contributed by atoms with E-state index in [1.165, 1.54) is 18.2 Å². The first kappa shape index (κ1) is 23.9. The van der Waals surface area contributed by atoms with E-state index in [1.54, 1.807) is 0 Å². The highest BCUT2D eigenvalue weighted by Gasteiger charge is 2.34. The second-order valence-corrected chi connectivity index (χ2v) is 7.76. The van der Waals surface area contributed by atoms with Crippen molar-refractivity contribution in [1.29, 1.82) is 0 Å². The maximum absolute atomic E-state index is 15.2. The van der Waals surface area contributed by atoms with Gasteiger partial charge < -0.3 is 10.6 Å². The van der Waals surface area contributed by atoms with Crippen molar-refractivity contribution >= 4 is 23.4 Å². The van der Waals surface area contributed by atoms with Crippen LogP contribution in [0.15, 0.2) is 30.5 Å². The molecule has 0 aliphatic carbocycles. The van der Waals surface area contributed by atoms with Gasteiger partial charge in [0.15, 0.2) is 0 Å². The van der Waals surface area contributed by atoms with Crippen LogP contribution < -0.4 is 16.0 Å². The number of hydrogen-bond donors (Lipinski definition) is 3. The molecule has 2 heterocycles. The third-order valence-corrected chi connectivity index (χ3v) is 5.31. The Morgan fingerprint density at radius 2 is 2.03 bits per heavy atom. The van der Waals surface area contributed by atoms with E-state index in [1.807, 2.05) is 6.92 Å². The summed E-state index contributed by atoms with van der Waals surface area (Å²) in [5.41, 5.74) is -0.555. The number of carbonyl (C=O) groups excluding carboxylic acids is 2. The van der Waals surface area contributed by atoms with Crippen LogP contribution in [0.25, 0.3) is 0 Å². The summed E-state index contributed by atoms with van der Waals surface area (Å²) in [6, 6.07) is 4.19. The van der Waals surface area contributed by atoms with Crippen LogP contribution in [-0.2, 0) is 22.3 Å². The second-order valence-electron chi connectivity index (χ2n) is 7.35. The van der Waals surface area contributed by atoms with Crippen LogP contribution in [0.1, 0.15) is 60.8 Å². The summed E-state index contributed by atoms with van der Waals surface area (Å²) in [5, 5.41) is 8.24. The molecular formula is C21H21ClF4N4O2. The average Bonchev–Trinajstić information content (AvgIpc) is 2.72. The third-order valence-electron chi connectivity index (χ3n) is 4.98. The van der Waals surface area contributed by atoms with Gasteiger partial charge in [-0.25, -0.2) is 4.39 Å².